The fourth-order valence-corrected chi connectivity index (χ4v) is 5.31. The summed E-state index contributed by atoms with van der Waals surface area (Å²) < 4.78 is 0. The second-order valence-electron chi connectivity index (χ2n) is 8.33. The van der Waals surface area contributed by atoms with Crippen LogP contribution in [0.1, 0.15) is 59.8 Å². The van der Waals surface area contributed by atoms with E-state index in [4.69, 9.17) is 0 Å². The van der Waals surface area contributed by atoms with Crippen molar-refractivity contribution in [2.24, 2.45) is 22.7 Å². The van der Waals surface area contributed by atoms with Gasteiger partial charge in [0.2, 0.25) is 0 Å². The van der Waals surface area contributed by atoms with Crippen molar-refractivity contribution < 1.29 is 9.59 Å². The highest BCUT2D eigenvalue weighted by atomic mass is 16.1. The van der Waals surface area contributed by atoms with Gasteiger partial charge in [0.25, 0.3) is 0 Å². The lowest BCUT2D eigenvalue weighted by Crippen LogP contribution is -2.50. The lowest BCUT2D eigenvalue weighted by atomic mass is 9.46. The molecule has 2 heteroatoms. The zero-order chi connectivity index (χ0) is 16.8. The second-order valence-corrected chi connectivity index (χ2v) is 8.33. The first-order valence-electron chi connectivity index (χ1n) is 8.91. The summed E-state index contributed by atoms with van der Waals surface area (Å²) in [5.74, 6) is 1.13. The summed E-state index contributed by atoms with van der Waals surface area (Å²) in [7, 11) is 0. The summed E-state index contributed by atoms with van der Waals surface area (Å²) in [6, 6.07) is 0. The van der Waals surface area contributed by atoms with Gasteiger partial charge in [0.15, 0.2) is 11.6 Å². The highest BCUT2D eigenvalue weighted by Gasteiger charge is 2.53. The average Bonchev–Trinajstić information content (AvgIpc) is 2.50. The van der Waals surface area contributed by atoms with Crippen molar-refractivity contribution in [3.8, 4) is 0 Å². The molecule has 1 fully saturated rings. The van der Waals surface area contributed by atoms with Crippen LogP contribution in [0, 0.1) is 22.7 Å². The van der Waals surface area contributed by atoms with E-state index in [1.807, 2.05) is 0 Å². The topological polar surface area (TPSA) is 34.1 Å². The molecule has 0 aliphatic heterocycles. The molecule has 0 amide bonds. The minimum atomic E-state index is -0.0471. The molecule has 0 unspecified atom stereocenters. The molecule has 3 rings (SSSR count). The van der Waals surface area contributed by atoms with Crippen LogP contribution in [0.25, 0.3) is 0 Å². The number of rotatable bonds is 2. The molecule has 0 N–H and O–H groups in total. The lowest BCUT2D eigenvalue weighted by molar-refractivity contribution is -0.115. The molecule has 0 bridgehead atoms. The van der Waals surface area contributed by atoms with Gasteiger partial charge < -0.3 is 0 Å². The average molecular weight is 312 g/mol. The van der Waals surface area contributed by atoms with Crippen LogP contribution in [0.4, 0.5) is 0 Å². The summed E-state index contributed by atoms with van der Waals surface area (Å²) in [6.45, 7) is 9.38. The third-order valence-electron chi connectivity index (χ3n) is 7.20. The Labute approximate surface area is 139 Å². The Morgan fingerprint density at radius 1 is 1.17 bits per heavy atom. The molecule has 0 saturated heterocycles. The fourth-order valence-electron chi connectivity index (χ4n) is 5.31. The maximum absolute atomic E-state index is 12.2. The number of hydrogen-bond donors (Lipinski definition) is 0. The van der Waals surface area contributed by atoms with Gasteiger partial charge in [0, 0.05) is 5.57 Å². The Bertz CT molecular complexity index is 636. The van der Waals surface area contributed by atoms with Gasteiger partial charge in [0.1, 0.15) is 0 Å². The van der Waals surface area contributed by atoms with Crippen molar-refractivity contribution in [3.63, 3.8) is 0 Å². The lowest BCUT2D eigenvalue weighted by Gasteiger charge is -2.58. The van der Waals surface area contributed by atoms with E-state index in [1.54, 1.807) is 6.08 Å². The number of carbonyl (C=O) groups is 2. The second kappa shape index (κ2) is 5.58. The van der Waals surface area contributed by atoms with Gasteiger partial charge >= 0.3 is 0 Å². The maximum Gasteiger partial charge on any atom is 0.182 e. The highest BCUT2D eigenvalue weighted by Crippen LogP contribution is 2.62. The third-order valence-corrected chi connectivity index (χ3v) is 7.20. The number of ketones is 2. The first-order chi connectivity index (χ1) is 10.8. The molecule has 0 heterocycles. The summed E-state index contributed by atoms with van der Waals surface area (Å²) in [4.78, 5) is 24.0. The van der Waals surface area contributed by atoms with Crippen LogP contribution < -0.4 is 0 Å². The minimum Gasteiger partial charge on any atom is -0.290 e. The molecule has 23 heavy (non-hydrogen) atoms. The molecule has 0 spiro atoms. The van der Waals surface area contributed by atoms with Crippen molar-refractivity contribution in [1.29, 1.82) is 0 Å². The minimum absolute atomic E-state index is 0.0216. The smallest absolute Gasteiger partial charge is 0.182 e. The quantitative estimate of drug-likeness (QED) is 0.541. The normalized spacial score (nSPS) is 40.5. The Morgan fingerprint density at radius 2 is 1.91 bits per heavy atom. The predicted octanol–water partition coefficient (Wildman–Crippen LogP) is 4.81. The Balaban J connectivity index is 1.96. The van der Waals surface area contributed by atoms with Crippen LogP contribution in [0.2, 0.25) is 0 Å². The number of hydrogen-bond acceptors (Lipinski definition) is 2. The Morgan fingerprint density at radius 3 is 2.65 bits per heavy atom. The first-order valence-corrected chi connectivity index (χ1v) is 8.91. The van der Waals surface area contributed by atoms with E-state index < -0.39 is 0 Å². The van der Waals surface area contributed by atoms with E-state index in [0.29, 0.717) is 17.4 Å². The van der Waals surface area contributed by atoms with E-state index in [9.17, 15) is 9.59 Å². The van der Waals surface area contributed by atoms with Gasteiger partial charge in [-0.25, -0.2) is 0 Å². The molecule has 2 nitrogen and oxygen atoms in total. The van der Waals surface area contributed by atoms with Gasteiger partial charge in [-0.15, -0.1) is 0 Å². The largest absolute Gasteiger partial charge is 0.290 e. The molecule has 0 aromatic heterocycles. The zero-order valence-corrected chi connectivity index (χ0v) is 14.8. The van der Waals surface area contributed by atoms with Gasteiger partial charge in [-0.3, -0.25) is 9.59 Å². The number of allylic oxidation sites excluding steroid dienone is 6. The molecule has 3 aliphatic carbocycles. The van der Waals surface area contributed by atoms with Gasteiger partial charge in [0.05, 0.1) is 0 Å². The monoisotopic (exact) mass is 312 g/mol. The Kier molecular flexibility index (Phi) is 3.98. The van der Waals surface area contributed by atoms with Crippen molar-refractivity contribution in [1.82, 2.24) is 0 Å². The molecule has 1 saturated carbocycles. The summed E-state index contributed by atoms with van der Waals surface area (Å²) in [6.07, 6.45) is 12.3. The molecule has 3 aliphatic rings. The molecule has 0 radical (unpaired) electrons. The first kappa shape index (κ1) is 16.4. The van der Waals surface area contributed by atoms with Crippen molar-refractivity contribution in [3.05, 3.63) is 35.5 Å². The standard InChI is InChI=1S/C21H28O2/c1-14-6-5-7-19-20(14,3)11-10-15(2)21(19,4)13-16-12-17(22)8-9-18(16)23/h6,8-9,12,15,19H,5,7,10-11,13H2,1-4H3/t15-,19+,20-,21+/m1/s1. The molecule has 0 aromatic carbocycles. The SMILES string of the molecule is CC1=CCC[C@@H]2[C@@](C)(CC3=CC(=O)C=CC3=O)[C@H](C)CC[C@]12C. The molecular formula is C21H28O2. The highest BCUT2D eigenvalue weighted by molar-refractivity contribution is 6.17. The van der Waals surface area contributed by atoms with Gasteiger partial charge in [-0.05, 0) is 79.9 Å². The van der Waals surface area contributed by atoms with Crippen LogP contribution in [0.3, 0.4) is 0 Å². The molecular weight excluding hydrogens is 284 g/mol. The summed E-state index contributed by atoms with van der Waals surface area (Å²) >= 11 is 0. The van der Waals surface area contributed by atoms with Crippen LogP contribution in [-0.4, -0.2) is 11.6 Å². The van der Waals surface area contributed by atoms with Crippen LogP contribution in [-0.2, 0) is 9.59 Å². The van der Waals surface area contributed by atoms with E-state index in [2.05, 4.69) is 33.8 Å². The van der Waals surface area contributed by atoms with E-state index in [-0.39, 0.29) is 22.4 Å². The zero-order valence-electron chi connectivity index (χ0n) is 14.8. The van der Waals surface area contributed by atoms with Crippen LogP contribution in [0.5, 0.6) is 0 Å². The third kappa shape index (κ3) is 2.56. The summed E-state index contributed by atoms with van der Waals surface area (Å²) in [5.41, 5.74) is 2.56. The predicted molar refractivity (Wildman–Crippen MR) is 92.9 cm³/mol. The number of carbonyl (C=O) groups excluding carboxylic acids is 2. The Hall–Kier alpha value is -1.44. The van der Waals surface area contributed by atoms with Crippen LogP contribution in [0.15, 0.2) is 35.5 Å². The summed E-state index contributed by atoms with van der Waals surface area (Å²) in [5, 5.41) is 0. The molecule has 4 atom stereocenters. The molecule has 0 aromatic rings. The van der Waals surface area contributed by atoms with Crippen molar-refractivity contribution >= 4 is 11.6 Å². The van der Waals surface area contributed by atoms with Crippen molar-refractivity contribution in [2.75, 3.05) is 0 Å². The van der Waals surface area contributed by atoms with E-state index in [1.165, 1.54) is 37.0 Å². The van der Waals surface area contributed by atoms with Gasteiger partial charge in [-0.2, -0.15) is 0 Å². The van der Waals surface area contributed by atoms with Gasteiger partial charge in [-0.1, -0.05) is 32.4 Å². The number of fused-ring (bicyclic) bond motifs is 1. The van der Waals surface area contributed by atoms with E-state index in [0.717, 1.165) is 12.8 Å². The van der Waals surface area contributed by atoms with Crippen molar-refractivity contribution in [2.45, 2.75) is 59.8 Å². The van der Waals surface area contributed by atoms with E-state index >= 15 is 0 Å². The fraction of sp³-hybridized carbons (Fsp3) is 0.619. The molecule has 124 valence electrons. The van der Waals surface area contributed by atoms with Crippen LogP contribution >= 0.6 is 0 Å². The maximum atomic E-state index is 12.2.